The van der Waals surface area contributed by atoms with Gasteiger partial charge >= 0.3 is 0 Å². The molecule has 1 heterocycles. The zero-order valence-corrected chi connectivity index (χ0v) is 7.96. The molecule has 3 heteroatoms. The summed E-state index contributed by atoms with van der Waals surface area (Å²) in [5.74, 6) is 0. The second-order valence-corrected chi connectivity index (χ2v) is 3.49. The predicted molar refractivity (Wildman–Crippen MR) is 50.1 cm³/mol. The number of ether oxygens (including phenoxy) is 1. The van der Waals surface area contributed by atoms with Crippen LogP contribution in [-0.4, -0.2) is 44.3 Å². The minimum absolute atomic E-state index is 0.655. The maximum absolute atomic E-state index is 5.42. The molecule has 1 fully saturated rings. The van der Waals surface area contributed by atoms with Crippen LogP contribution in [0.2, 0.25) is 0 Å². The van der Waals surface area contributed by atoms with Gasteiger partial charge in [0.2, 0.25) is 0 Å². The van der Waals surface area contributed by atoms with Crippen molar-refractivity contribution < 1.29 is 4.74 Å². The van der Waals surface area contributed by atoms with Crippen LogP contribution < -0.4 is 5.73 Å². The van der Waals surface area contributed by atoms with Crippen molar-refractivity contribution in [2.24, 2.45) is 5.73 Å². The summed E-state index contributed by atoms with van der Waals surface area (Å²) >= 11 is 0. The average Bonchev–Trinajstić information content (AvgIpc) is 2.56. The highest BCUT2D eigenvalue weighted by Crippen LogP contribution is 2.10. The zero-order chi connectivity index (χ0) is 8.81. The van der Waals surface area contributed by atoms with Crippen molar-refractivity contribution in [3.63, 3.8) is 0 Å². The Bertz CT molecular complexity index is 113. The van der Waals surface area contributed by atoms with Gasteiger partial charge in [-0.1, -0.05) is 0 Å². The first-order valence-corrected chi connectivity index (χ1v) is 4.82. The maximum atomic E-state index is 5.42. The largest absolute Gasteiger partial charge is 0.380 e. The van der Waals surface area contributed by atoms with Crippen LogP contribution in [0.3, 0.4) is 0 Å². The smallest absolute Gasteiger partial charge is 0.0622 e. The molecule has 72 valence electrons. The molecular formula is C9H20N2O. The Morgan fingerprint density at radius 3 is 2.92 bits per heavy atom. The highest BCUT2D eigenvalue weighted by molar-refractivity contribution is 4.72. The third-order valence-corrected chi connectivity index (χ3v) is 2.49. The van der Waals surface area contributed by atoms with Crippen LogP contribution in [0.25, 0.3) is 0 Å². The molecule has 1 unspecified atom stereocenters. The van der Waals surface area contributed by atoms with E-state index in [0.29, 0.717) is 6.04 Å². The molecule has 0 aromatic heterocycles. The molecule has 0 aromatic rings. The van der Waals surface area contributed by atoms with E-state index in [9.17, 15) is 0 Å². The quantitative estimate of drug-likeness (QED) is 0.612. The number of rotatable bonds is 5. The van der Waals surface area contributed by atoms with Crippen molar-refractivity contribution in [3.8, 4) is 0 Å². The van der Waals surface area contributed by atoms with E-state index in [1.54, 1.807) is 0 Å². The van der Waals surface area contributed by atoms with E-state index in [4.69, 9.17) is 10.5 Å². The topological polar surface area (TPSA) is 38.5 Å². The number of nitrogens with two attached hydrogens (primary N) is 1. The molecule has 1 rings (SSSR count). The van der Waals surface area contributed by atoms with Gasteiger partial charge in [-0.05, 0) is 39.4 Å². The van der Waals surface area contributed by atoms with Crippen LogP contribution in [0.15, 0.2) is 0 Å². The summed E-state index contributed by atoms with van der Waals surface area (Å²) in [4.78, 5) is 2.39. The lowest BCUT2D eigenvalue weighted by Gasteiger charge is -2.22. The molecular weight excluding hydrogens is 152 g/mol. The van der Waals surface area contributed by atoms with Crippen molar-refractivity contribution in [1.82, 2.24) is 4.90 Å². The van der Waals surface area contributed by atoms with Crippen molar-refractivity contribution >= 4 is 0 Å². The molecule has 2 N–H and O–H groups in total. The summed E-state index contributed by atoms with van der Waals surface area (Å²) in [5.41, 5.74) is 5.42. The highest BCUT2D eigenvalue weighted by atomic mass is 16.5. The van der Waals surface area contributed by atoms with Crippen molar-refractivity contribution in [3.05, 3.63) is 0 Å². The fraction of sp³-hybridized carbons (Fsp3) is 1.00. The van der Waals surface area contributed by atoms with Crippen LogP contribution in [0, 0.1) is 0 Å². The molecule has 1 aliphatic rings. The molecule has 0 radical (unpaired) electrons. The van der Waals surface area contributed by atoms with Gasteiger partial charge in [-0.2, -0.15) is 0 Å². The summed E-state index contributed by atoms with van der Waals surface area (Å²) in [6, 6.07) is 0.655. The average molecular weight is 172 g/mol. The molecule has 0 aliphatic carbocycles. The Balaban J connectivity index is 2.05. The van der Waals surface area contributed by atoms with Gasteiger partial charge in [0, 0.05) is 12.6 Å². The molecule has 1 saturated heterocycles. The van der Waals surface area contributed by atoms with Crippen molar-refractivity contribution in [1.29, 1.82) is 0 Å². The van der Waals surface area contributed by atoms with E-state index in [1.165, 1.54) is 12.8 Å². The van der Waals surface area contributed by atoms with E-state index in [0.717, 1.165) is 32.7 Å². The first-order valence-electron chi connectivity index (χ1n) is 4.82. The molecule has 1 aliphatic heterocycles. The van der Waals surface area contributed by atoms with Crippen LogP contribution in [-0.2, 0) is 4.74 Å². The van der Waals surface area contributed by atoms with Gasteiger partial charge in [0.05, 0.1) is 6.61 Å². The molecule has 12 heavy (non-hydrogen) atoms. The third kappa shape index (κ3) is 3.09. The number of hydrogen-bond acceptors (Lipinski definition) is 3. The second-order valence-electron chi connectivity index (χ2n) is 3.49. The summed E-state index contributed by atoms with van der Waals surface area (Å²) in [6.45, 7) is 3.82. The minimum atomic E-state index is 0.655. The van der Waals surface area contributed by atoms with E-state index < -0.39 is 0 Å². The van der Waals surface area contributed by atoms with E-state index >= 15 is 0 Å². The van der Waals surface area contributed by atoms with Crippen LogP contribution >= 0.6 is 0 Å². The minimum Gasteiger partial charge on any atom is -0.380 e. The molecule has 0 spiro atoms. The Morgan fingerprint density at radius 2 is 2.33 bits per heavy atom. The number of hydrogen-bond donors (Lipinski definition) is 1. The van der Waals surface area contributed by atoms with Crippen LogP contribution in [0.1, 0.15) is 19.3 Å². The van der Waals surface area contributed by atoms with Crippen LogP contribution in [0.4, 0.5) is 0 Å². The maximum Gasteiger partial charge on any atom is 0.0622 e. The molecule has 3 nitrogen and oxygen atoms in total. The van der Waals surface area contributed by atoms with Gasteiger partial charge in [-0.15, -0.1) is 0 Å². The molecule has 0 bridgehead atoms. The van der Waals surface area contributed by atoms with Gasteiger partial charge < -0.3 is 15.4 Å². The zero-order valence-electron chi connectivity index (χ0n) is 7.96. The normalized spacial score (nSPS) is 23.8. The summed E-state index contributed by atoms with van der Waals surface area (Å²) in [6.07, 6.45) is 3.54. The first kappa shape index (κ1) is 9.96. The summed E-state index contributed by atoms with van der Waals surface area (Å²) < 4.78 is 5.32. The monoisotopic (exact) mass is 172 g/mol. The van der Waals surface area contributed by atoms with Gasteiger partial charge in [0.15, 0.2) is 0 Å². The Kier molecular flexibility index (Phi) is 4.58. The Labute approximate surface area is 74.9 Å². The highest BCUT2D eigenvalue weighted by Gasteiger charge is 2.19. The van der Waals surface area contributed by atoms with Gasteiger partial charge in [-0.25, -0.2) is 0 Å². The lowest BCUT2D eigenvalue weighted by atomic mass is 10.2. The Morgan fingerprint density at radius 1 is 1.50 bits per heavy atom. The lowest BCUT2D eigenvalue weighted by Crippen LogP contribution is -2.32. The van der Waals surface area contributed by atoms with E-state index in [1.807, 2.05) is 0 Å². The van der Waals surface area contributed by atoms with Crippen LogP contribution in [0.5, 0.6) is 0 Å². The van der Waals surface area contributed by atoms with Gasteiger partial charge in [0.1, 0.15) is 0 Å². The number of nitrogens with zero attached hydrogens (tertiary/aromatic N) is 1. The number of likely N-dealkylation sites (N-methyl/N-ethyl adjacent to an activating group) is 1. The first-order chi connectivity index (χ1) is 5.84. The fourth-order valence-electron chi connectivity index (χ4n) is 1.56. The van der Waals surface area contributed by atoms with E-state index in [-0.39, 0.29) is 0 Å². The Hall–Kier alpha value is -0.120. The third-order valence-electron chi connectivity index (χ3n) is 2.49. The molecule has 0 amide bonds. The predicted octanol–water partition coefficient (Wildman–Crippen LogP) is 0.446. The van der Waals surface area contributed by atoms with Crippen molar-refractivity contribution in [2.75, 3.05) is 33.4 Å². The summed E-state index contributed by atoms with van der Waals surface area (Å²) in [5, 5.41) is 0. The molecule has 0 saturated carbocycles. The molecule has 1 atom stereocenters. The van der Waals surface area contributed by atoms with Crippen molar-refractivity contribution in [2.45, 2.75) is 25.3 Å². The lowest BCUT2D eigenvalue weighted by molar-refractivity contribution is 0.158. The standard InChI is InChI=1S/C9H20N2O/c1-11(6-3-2-5-10)9-4-7-12-8-9/h9H,2-8,10H2,1H3. The summed E-state index contributed by atoms with van der Waals surface area (Å²) in [7, 11) is 2.18. The van der Waals surface area contributed by atoms with E-state index in [2.05, 4.69) is 11.9 Å². The SMILES string of the molecule is CN(CCCCN)C1CCOC1. The molecule has 0 aromatic carbocycles. The second kappa shape index (κ2) is 5.51. The number of unbranched alkanes of at least 4 members (excludes halogenated alkanes) is 1. The van der Waals surface area contributed by atoms with Gasteiger partial charge in [-0.3, -0.25) is 0 Å². The van der Waals surface area contributed by atoms with Gasteiger partial charge in [0.25, 0.3) is 0 Å². The fourth-order valence-corrected chi connectivity index (χ4v) is 1.56.